The quantitative estimate of drug-likeness (QED) is 0.0363. The number of nitrogens with zero attached hydrogens (tertiary/aromatic N) is 1. The molecule has 452 valence electrons. The molecule has 4 aliphatic heterocycles. The lowest BCUT2D eigenvalue weighted by atomic mass is 9.97. The summed E-state index contributed by atoms with van der Waals surface area (Å²) in [5.41, 5.74) is 3.18. The van der Waals surface area contributed by atoms with Crippen molar-refractivity contribution >= 4 is 70.8 Å². The van der Waals surface area contributed by atoms with E-state index in [4.69, 9.17) is 24.7 Å². The molecule has 7 amide bonds. The highest BCUT2D eigenvalue weighted by atomic mass is 32.2. The molecule has 0 aromatic rings. The SMILES string of the molecule is CC(=O)N[C@@H]1[C@@H](O)[C@H](O)[C@@H](CO)O[C@H]1SCC[C@H](NC(=O)[C@H](CO)NC(=O)[C@H](CO)NC(=O)[C@@H]1CCCN1C(=O)[C@H](CS[C@@H]1O[C@H](CO)[C@@H](O[C@@H]2O[C@H](CO)[C@@H](O)[C@H](O)[C@H]2O)[C@H](O)[C@H]1O)NC(=O)[C@H](C)N)C(=O)N[C@@H](C)C(=O)O. The van der Waals surface area contributed by atoms with Crippen LogP contribution in [0.15, 0.2) is 0 Å². The monoisotopic (exact) mass is 1180 g/mol. The normalized spacial score (nSPS) is 33.2. The fraction of sp³-hybridized carbons (Fsp3) is 0.818. The summed E-state index contributed by atoms with van der Waals surface area (Å²) in [7, 11) is 0. The average Bonchev–Trinajstić information content (AvgIpc) is 3.94. The van der Waals surface area contributed by atoms with Gasteiger partial charge in [0, 0.05) is 19.2 Å². The van der Waals surface area contributed by atoms with Gasteiger partial charge in [-0.1, -0.05) is 0 Å². The molecule has 0 aromatic carbocycles. The minimum Gasteiger partial charge on any atom is -0.480 e. The predicted octanol–water partition coefficient (Wildman–Crippen LogP) is -11.7. The highest BCUT2D eigenvalue weighted by Crippen LogP contribution is 2.34. The Bertz CT molecular complexity index is 2070. The van der Waals surface area contributed by atoms with Crippen LogP contribution in [0.1, 0.15) is 40.0 Å². The zero-order valence-corrected chi connectivity index (χ0v) is 44.7. The van der Waals surface area contributed by atoms with Gasteiger partial charge in [0.25, 0.3) is 0 Å². The minimum absolute atomic E-state index is 0.0156. The van der Waals surface area contributed by atoms with Crippen molar-refractivity contribution < 1.29 is 124 Å². The first-order valence-electron chi connectivity index (χ1n) is 25.0. The number of carbonyl (C=O) groups excluding carboxylic acids is 7. The molecule has 4 rings (SSSR count). The summed E-state index contributed by atoms with van der Waals surface area (Å²) < 4.78 is 22.4. The van der Waals surface area contributed by atoms with Crippen molar-refractivity contribution in [3.05, 3.63) is 0 Å². The van der Waals surface area contributed by atoms with Crippen molar-refractivity contribution in [1.29, 1.82) is 0 Å². The van der Waals surface area contributed by atoms with Crippen molar-refractivity contribution in [3.8, 4) is 0 Å². The molecule has 21 N–H and O–H groups in total. The number of hydrogen-bond acceptors (Lipinski definition) is 27. The van der Waals surface area contributed by atoms with Crippen LogP contribution in [0.25, 0.3) is 0 Å². The number of nitrogens with one attached hydrogen (secondary N) is 6. The largest absolute Gasteiger partial charge is 0.480 e. The number of aliphatic hydroxyl groups excluding tert-OH is 12. The number of aliphatic hydroxyl groups is 12. The summed E-state index contributed by atoms with van der Waals surface area (Å²) in [4.78, 5) is 106. The minimum atomic E-state index is -1.92. The van der Waals surface area contributed by atoms with Crippen LogP contribution in [-0.4, -0.2) is 302 Å². The molecule has 0 aliphatic carbocycles. The second-order valence-corrected chi connectivity index (χ2v) is 21.4. The zero-order valence-electron chi connectivity index (χ0n) is 43.0. The first-order valence-corrected chi connectivity index (χ1v) is 27.1. The number of carboxylic acids is 1. The molecule has 22 atom stereocenters. The smallest absolute Gasteiger partial charge is 0.325 e. The summed E-state index contributed by atoms with van der Waals surface area (Å²) in [5, 5.41) is 147. The van der Waals surface area contributed by atoms with Gasteiger partial charge in [-0.15, -0.1) is 23.5 Å². The van der Waals surface area contributed by atoms with Crippen molar-refractivity contribution in [1.82, 2.24) is 36.8 Å². The lowest BCUT2D eigenvalue weighted by molar-refractivity contribution is -0.338. The second-order valence-electron chi connectivity index (χ2n) is 19.1. The maximum absolute atomic E-state index is 14.3. The Morgan fingerprint density at radius 3 is 1.75 bits per heavy atom. The highest BCUT2D eigenvalue weighted by Gasteiger charge is 2.51. The molecule has 0 bridgehead atoms. The number of carboxylic acid groups (broad SMARTS) is 1. The first kappa shape index (κ1) is 67.3. The van der Waals surface area contributed by atoms with Crippen LogP contribution in [0, 0.1) is 0 Å². The fourth-order valence-corrected chi connectivity index (χ4v) is 11.1. The number of thioether (sulfide) groups is 2. The van der Waals surface area contributed by atoms with Crippen LogP contribution in [0.4, 0.5) is 0 Å². The van der Waals surface area contributed by atoms with Crippen LogP contribution in [0.2, 0.25) is 0 Å². The Labute approximate surface area is 459 Å². The topological polar surface area (TPSA) is 538 Å². The number of ether oxygens (including phenoxy) is 4. The van der Waals surface area contributed by atoms with Gasteiger partial charge in [-0.05, 0) is 38.9 Å². The number of likely N-dealkylation sites (tertiary alicyclic amines) is 1. The first-order chi connectivity index (χ1) is 37.2. The lowest BCUT2D eigenvalue weighted by Gasteiger charge is -2.46. The number of hydrogen-bond donors (Lipinski definition) is 20. The summed E-state index contributed by atoms with van der Waals surface area (Å²) in [6, 6.07) is -12.1. The molecule has 4 aliphatic rings. The summed E-state index contributed by atoms with van der Waals surface area (Å²) in [6.45, 7) is -1.18. The van der Waals surface area contributed by atoms with Crippen LogP contribution in [0.5, 0.6) is 0 Å². The zero-order chi connectivity index (χ0) is 59.2. The Morgan fingerprint density at radius 1 is 0.633 bits per heavy atom. The molecule has 35 heteroatoms. The van der Waals surface area contributed by atoms with E-state index in [0.29, 0.717) is 11.8 Å². The molecular formula is C44H74N8O25S2. The van der Waals surface area contributed by atoms with E-state index in [0.717, 1.165) is 30.5 Å². The summed E-state index contributed by atoms with van der Waals surface area (Å²) in [5.74, 6) is -8.87. The van der Waals surface area contributed by atoms with Gasteiger partial charge in [0.1, 0.15) is 114 Å². The van der Waals surface area contributed by atoms with Crippen LogP contribution < -0.4 is 37.6 Å². The van der Waals surface area contributed by atoms with Crippen LogP contribution in [-0.2, 0) is 57.3 Å². The molecule has 4 heterocycles. The predicted molar refractivity (Wildman–Crippen MR) is 267 cm³/mol. The van der Waals surface area contributed by atoms with Gasteiger partial charge in [0.15, 0.2) is 6.29 Å². The number of rotatable bonds is 27. The molecule has 79 heavy (non-hydrogen) atoms. The summed E-state index contributed by atoms with van der Waals surface area (Å²) >= 11 is 1.55. The Kier molecular flexibility index (Phi) is 26.6. The maximum Gasteiger partial charge on any atom is 0.325 e. The van der Waals surface area contributed by atoms with Crippen molar-refractivity contribution in [2.24, 2.45) is 5.73 Å². The van der Waals surface area contributed by atoms with Crippen molar-refractivity contribution in [2.45, 2.75) is 173 Å². The third kappa shape index (κ3) is 17.6. The van der Waals surface area contributed by atoms with E-state index in [1.165, 1.54) is 6.92 Å². The molecule has 0 unspecified atom stereocenters. The maximum atomic E-state index is 14.3. The average molecular weight is 1180 g/mol. The molecule has 33 nitrogen and oxygen atoms in total. The van der Waals surface area contributed by atoms with Crippen molar-refractivity contribution in [2.75, 3.05) is 51.1 Å². The molecule has 0 radical (unpaired) electrons. The number of carbonyl (C=O) groups is 8. The van der Waals surface area contributed by atoms with E-state index in [1.807, 2.05) is 0 Å². The van der Waals surface area contributed by atoms with Gasteiger partial charge in [0.2, 0.25) is 41.4 Å². The number of nitrogens with two attached hydrogens (primary N) is 1. The van der Waals surface area contributed by atoms with Crippen LogP contribution >= 0.6 is 23.5 Å². The Hall–Kier alpha value is -4.22. The van der Waals surface area contributed by atoms with Gasteiger partial charge >= 0.3 is 5.97 Å². The van der Waals surface area contributed by atoms with Gasteiger partial charge < -0.3 is 128 Å². The second kappa shape index (κ2) is 31.3. The van der Waals surface area contributed by atoms with Gasteiger partial charge in [-0.2, -0.15) is 0 Å². The van der Waals surface area contributed by atoms with E-state index in [-0.39, 0.29) is 31.6 Å². The van der Waals surface area contributed by atoms with E-state index in [2.05, 4.69) is 31.9 Å². The van der Waals surface area contributed by atoms with E-state index in [9.17, 15) is 105 Å². The van der Waals surface area contributed by atoms with Crippen LogP contribution in [0.3, 0.4) is 0 Å². The standard InChI is InChI=1S/C44H74N8O25S2/c1-15(45)35(66)51-21(14-79-44-33(65)31(63)34(25(13-57)76-44)77-42-32(64)30(62)28(60)23(11-55)74-42)40(71)52-7-4-5-22(52)39(70)50-20(10-54)38(69)49-19(9-53)37(68)48-18(36(67)46-16(2)41(72)73)6-8-78-43-26(47-17(3)58)29(61)27(59)24(12-56)75-43/h15-16,18-34,42-44,53-57,59-65H,4-14,45H2,1-3H3,(H,46,67)(H,47,58)(H,48,68)(H,49,69)(H,50,70)(H,51,66)(H,72,73)/t15-,16-,18-,19-,20-,21-,22-,23+,24+,25+,26+,27+,28+,29+,30-,31+,32+,33+,34+,42-,43-,44-/m0/s1. The molecule has 4 fully saturated rings. The molecule has 0 saturated carbocycles. The number of aliphatic carboxylic acids is 1. The van der Waals surface area contributed by atoms with E-state index >= 15 is 0 Å². The molecule has 4 saturated heterocycles. The highest BCUT2D eigenvalue weighted by molar-refractivity contribution is 8.00. The van der Waals surface area contributed by atoms with E-state index < -0.39 is 219 Å². The fourth-order valence-electron chi connectivity index (χ4n) is 8.63. The Balaban J connectivity index is 1.43. The third-order valence-electron chi connectivity index (χ3n) is 13.2. The van der Waals surface area contributed by atoms with Gasteiger partial charge in [-0.25, -0.2) is 0 Å². The molecule has 0 aromatic heterocycles. The lowest BCUT2D eigenvalue weighted by Crippen LogP contribution is -2.64. The molecular weight excluding hydrogens is 1100 g/mol. The molecule has 0 spiro atoms. The number of amides is 7. The summed E-state index contributed by atoms with van der Waals surface area (Å²) in [6.07, 6.45) is -20.3. The van der Waals surface area contributed by atoms with Crippen molar-refractivity contribution in [3.63, 3.8) is 0 Å². The van der Waals surface area contributed by atoms with Gasteiger partial charge in [-0.3, -0.25) is 38.4 Å². The third-order valence-corrected chi connectivity index (χ3v) is 15.6. The Morgan fingerprint density at radius 2 is 1.18 bits per heavy atom. The van der Waals surface area contributed by atoms with Gasteiger partial charge in [0.05, 0.1) is 45.1 Å². The van der Waals surface area contributed by atoms with E-state index in [1.54, 1.807) is 0 Å².